The molecule has 0 saturated carbocycles. The fourth-order valence-corrected chi connectivity index (χ4v) is 2.22. The van der Waals surface area contributed by atoms with Crippen LogP contribution in [-0.2, 0) is 0 Å². The van der Waals surface area contributed by atoms with E-state index >= 15 is 0 Å². The van der Waals surface area contributed by atoms with Gasteiger partial charge in [0, 0.05) is 18.6 Å². The van der Waals surface area contributed by atoms with E-state index < -0.39 is 0 Å². The molecule has 0 aliphatic heterocycles. The maximum atomic E-state index is 4.47. The normalized spacial score (nSPS) is 11.1. The van der Waals surface area contributed by atoms with E-state index in [9.17, 15) is 0 Å². The van der Waals surface area contributed by atoms with Crippen molar-refractivity contribution in [2.24, 2.45) is 0 Å². The Morgan fingerprint density at radius 3 is 1.04 bits per heavy atom. The Balaban J connectivity index is 1.90. The molecule has 4 aromatic heterocycles. The molecule has 4 heterocycles. The topological polar surface area (TPSA) is 92.1 Å². The van der Waals surface area contributed by atoms with Crippen LogP contribution in [0, 0.1) is 20.8 Å². The summed E-state index contributed by atoms with van der Waals surface area (Å²) in [6.07, 6.45) is 10.8. The minimum Gasteiger partial charge on any atom is -0.206 e. The Kier molecular flexibility index (Phi) is 3.19. The maximum Gasteiger partial charge on any atom is 0.257 e. The average Bonchev–Trinajstić information content (AvgIpc) is 3.28. The zero-order valence-corrected chi connectivity index (χ0v) is 13.5. The lowest BCUT2D eigenvalue weighted by molar-refractivity contribution is 0.706. The van der Waals surface area contributed by atoms with E-state index in [2.05, 4.69) is 30.2 Å². The maximum absolute atomic E-state index is 4.47. The predicted molar refractivity (Wildman–Crippen MR) is 85.4 cm³/mol. The van der Waals surface area contributed by atoms with Crippen LogP contribution in [0.2, 0.25) is 0 Å². The first-order valence-corrected chi connectivity index (χ1v) is 7.39. The fraction of sp³-hybridized carbons (Fsp3) is 0.200. The first kappa shape index (κ1) is 14.2. The van der Waals surface area contributed by atoms with E-state index in [1.54, 1.807) is 32.6 Å². The summed E-state index contributed by atoms with van der Waals surface area (Å²) in [4.78, 5) is 13.4. The van der Waals surface area contributed by atoms with Crippen molar-refractivity contribution in [2.75, 3.05) is 0 Å². The third-order valence-electron chi connectivity index (χ3n) is 3.35. The first-order valence-electron chi connectivity index (χ1n) is 7.39. The highest BCUT2D eigenvalue weighted by molar-refractivity contribution is 5.26. The zero-order chi connectivity index (χ0) is 16.7. The highest BCUT2D eigenvalue weighted by Crippen LogP contribution is 2.10. The van der Waals surface area contributed by atoms with Gasteiger partial charge in [-0.05, 0) is 37.5 Å². The smallest absolute Gasteiger partial charge is 0.206 e. The monoisotopic (exact) mass is 321 g/mol. The van der Waals surface area contributed by atoms with Gasteiger partial charge in [-0.15, -0.1) is 0 Å². The number of rotatable bonds is 3. The van der Waals surface area contributed by atoms with E-state index in [-0.39, 0.29) is 0 Å². The summed E-state index contributed by atoms with van der Waals surface area (Å²) >= 11 is 0. The van der Waals surface area contributed by atoms with Gasteiger partial charge in [-0.2, -0.15) is 30.2 Å². The van der Waals surface area contributed by atoms with Crippen LogP contribution >= 0.6 is 0 Å². The molecule has 0 radical (unpaired) electrons. The zero-order valence-electron chi connectivity index (χ0n) is 13.5. The predicted octanol–water partition coefficient (Wildman–Crippen LogP) is 1.35. The van der Waals surface area contributed by atoms with Gasteiger partial charge < -0.3 is 0 Å². The molecule has 4 rings (SSSR count). The lowest BCUT2D eigenvalue weighted by Crippen LogP contribution is -2.13. The Morgan fingerprint density at radius 2 is 0.833 bits per heavy atom. The molecule has 0 aromatic carbocycles. The summed E-state index contributed by atoms with van der Waals surface area (Å²) in [7, 11) is 0. The van der Waals surface area contributed by atoms with Crippen LogP contribution in [0.15, 0.2) is 37.2 Å². The SMILES string of the molecule is Cc1cnn(-c2nc(-n3cc(C)cn3)nc(-n3cc(C)cn3)n2)c1. The van der Waals surface area contributed by atoms with Gasteiger partial charge in [0.25, 0.3) is 17.8 Å². The molecule has 9 nitrogen and oxygen atoms in total. The molecular weight excluding hydrogens is 306 g/mol. The largest absolute Gasteiger partial charge is 0.257 e. The number of nitrogens with zero attached hydrogens (tertiary/aromatic N) is 9. The van der Waals surface area contributed by atoms with E-state index in [0.29, 0.717) is 17.8 Å². The van der Waals surface area contributed by atoms with Crippen LogP contribution in [0.3, 0.4) is 0 Å². The molecule has 120 valence electrons. The van der Waals surface area contributed by atoms with Gasteiger partial charge in [-0.25, -0.2) is 14.0 Å². The Morgan fingerprint density at radius 1 is 0.542 bits per heavy atom. The van der Waals surface area contributed by atoms with Gasteiger partial charge >= 0.3 is 0 Å². The molecule has 0 unspecified atom stereocenters. The van der Waals surface area contributed by atoms with E-state index in [0.717, 1.165) is 16.7 Å². The third kappa shape index (κ3) is 2.56. The van der Waals surface area contributed by atoms with Crippen LogP contribution < -0.4 is 0 Å². The van der Waals surface area contributed by atoms with E-state index in [4.69, 9.17) is 0 Å². The van der Waals surface area contributed by atoms with Crippen molar-refractivity contribution in [3.05, 3.63) is 53.9 Å². The molecule has 0 bridgehead atoms. The van der Waals surface area contributed by atoms with Gasteiger partial charge in [0.1, 0.15) is 0 Å². The number of aromatic nitrogens is 9. The summed E-state index contributed by atoms with van der Waals surface area (Å²) in [5, 5.41) is 12.8. The standard InChI is InChI=1S/C15H15N9/c1-10-4-16-22(7-10)13-19-14(23-8-11(2)5-17-23)21-15(20-13)24-9-12(3)6-18-24/h4-9H,1-3H3. The van der Waals surface area contributed by atoms with Crippen molar-refractivity contribution in [1.82, 2.24) is 44.3 Å². The highest BCUT2D eigenvalue weighted by Gasteiger charge is 2.13. The van der Waals surface area contributed by atoms with Crippen LogP contribution in [0.25, 0.3) is 17.8 Å². The molecule has 4 aromatic rings. The molecule has 0 aliphatic rings. The summed E-state index contributed by atoms with van der Waals surface area (Å²) in [5.74, 6) is 1.22. The highest BCUT2D eigenvalue weighted by atomic mass is 15.4. The van der Waals surface area contributed by atoms with Crippen molar-refractivity contribution < 1.29 is 0 Å². The van der Waals surface area contributed by atoms with Crippen molar-refractivity contribution in [2.45, 2.75) is 20.8 Å². The molecule has 9 heteroatoms. The van der Waals surface area contributed by atoms with Gasteiger partial charge in [-0.3, -0.25) is 0 Å². The average molecular weight is 321 g/mol. The van der Waals surface area contributed by atoms with Crippen LogP contribution in [0.1, 0.15) is 16.7 Å². The molecule has 0 amide bonds. The van der Waals surface area contributed by atoms with E-state index in [1.165, 1.54) is 0 Å². The van der Waals surface area contributed by atoms with E-state index in [1.807, 2.05) is 39.4 Å². The van der Waals surface area contributed by atoms with Crippen LogP contribution in [-0.4, -0.2) is 44.3 Å². The van der Waals surface area contributed by atoms with Gasteiger partial charge in [-0.1, -0.05) is 0 Å². The van der Waals surface area contributed by atoms with Crippen molar-refractivity contribution in [3.63, 3.8) is 0 Å². The molecule has 0 N–H and O–H groups in total. The minimum absolute atomic E-state index is 0.407. The number of hydrogen-bond donors (Lipinski definition) is 0. The molecule has 24 heavy (non-hydrogen) atoms. The van der Waals surface area contributed by atoms with Gasteiger partial charge in [0.05, 0.1) is 18.6 Å². The van der Waals surface area contributed by atoms with Crippen LogP contribution in [0.5, 0.6) is 0 Å². The first-order chi connectivity index (χ1) is 11.6. The summed E-state index contributed by atoms with van der Waals surface area (Å²) < 4.78 is 4.82. The Hall–Kier alpha value is -3.36. The molecule has 0 aliphatic carbocycles. The van der Waals surface area contributed by atoms with Crippen molar-refractivity contribution in [1.29, 1.82) is 0 Å². The minimum atomic E-state index is 0.407. The second-order valence-electron chi connectivity index (χ2n) is 5.62. The van der Waals surface area contributed by atoms with Crippen molar-refractivity contribution >= 4 is 0 Å². The third-order valence-corrected chi connectivity index (χ3v) is 3.35. The van der Waals surface area contributed by atoms with Gasteiger partial charge in [0.2, 0.25) is 0 Å². The summed E-state index contributed by atoms with van der Waals surface area (Å²) in [5.41, 5.74) is 3.05. The Labute approximate surface area is 137 Å². The van der Waals surface area contributed by atoms with Crippen LogP contribution in [0.4, 0.5) is 0 Å². The summed E-state index contributed by atoms with van der Waals surface area (Å²) in [6, 6.07) is 0. The second kappa shape index (κ2) is 5.37. The van der Waals surface area contributed by atoms with Crippen molar-refractivity contribution in [3.8, 4) is 17.8 Å². The lowest BCUT2D eigenvalue weighted by atomic mass is 10.4. The Bertz CT molecular complexity index is 866. The summed E-state index contributed by atoms with van der Waals surface area (Å²) in [6.45, 7) is 5.88. The number of hydrogen-bond acceptors (Lipinski definition) is 6. The fourth-order valence-electron chi connectivity index (χ4n) is 2.22. The lowest BCUT2D eigenvalue weighted by Gasteiger charge is -2.06. The molecule has 0 spiro atoms. The second-order valence-corrected chi connectivity index (χ2v) is 5.62. The molecule has 0 atom stereocenters. The number of aryl methyl sites for hydroxylation is 3. The van der Waals surface area contributed by atoms with Gasteiger partial charge in [0.15, 0.2) is 0 Å². The molecule has 0 fully saturated rings. The molecule has 0 saturated heterocycles. The quantitative estimate of drug-likeness (QED) is 0.565. The molecular formula is C15H15N9.